The summed E-state index contributed by atoms with van der Waals surface area (Å²) in [6, 6.07) is 4.07. The molecule has 0 saturated heterocycles. The molecular formula is C13H10N4OS. The number of hydrogen-bond acceptors (Lipinski definition) is 6. The monoisotopic (exact) mass is 270 g/mol. The fraction of sp³-hybridized carbons (Fsp3) is 0.154. The van der Waals surface area contributed by atoms with Crippen LogP contribution in [0.3, 0.4) is 0 Å². The number of benzene rings is 1. The number of anilines is 2. The van der Waals surface area contributed by atoms with Crippen molar-refractivity contribution in [2.75, 3.05) is 23.7 Å². The van der Waals surface area contributed by atoms with Crippen molar-refractivity contribution in [1.82, 2.24) is 9.97 Å². The summed E-state index contributed by atoms with van der Waals surface area (Å²) in [6.07, 6.45) is 3.02. The van der Waals surface area contributed by atoms with E-state index in [-0.39, 0.29) is 5.56 Å². The van der Waals surface area contributed by atoms with Crippen LogP contribution in [-0.2, 0) is 0 Å². The summed E-state index contributed by atoms with van der Waals surface area (Å²) < 4.78 is 1.67. The Kier molecular flexibility index (Phi) is 2.19. The van der Waals surface area contributed by atoms with Gasteiger partial charge in [-0.25, -0.2) is 4.98 Å². The van der Waals surface area contributed by atoms with Gasteiger partial charge in [0.2, 0.25) is 0 Å². The van der Waals surface area contributed by atoms with E-state index < -0.39 is 0 Å². The van der Waals surface area contributed by atoms with Crippen LogP contribution in [0.15, 0.2) is 29.3 Å². The zero-order valence-corrected chi connectivity index (χ0v) is 10.8. The first-order chi connectivity index (χ1) is 9.34. The summed E-state index contributed by atoms with van der Waals surface area (Å²) in [6.45, 7) is 1.76. The van der Waals surface area contributed by atoms with E-state index in [2.05, 4.69) is 20.6 Å². The van der Waals surface area contributed by atoms with Gasteiger partial charge in [0.25, 0.3) is 5.56 Å². The predicted molar refractivity (Wildman–Crippen MR) is 78.2 cm³/mol. The molecule has 5 nitrogen and oxygen atoms in total. The maximum atomic E-state index is 11.9. The van der Waals surface area contributed by atoms with Crippen molar-refractivity contribution >= 4 is 43.0 Å². The summed E-state index contributed by atoms with van der Waals surface area (Å²) >= 11 is 1.45. The third-order valence-electron chi connectivity index (χ3n) is 3.23. The van der Waals surface area contributed by atoms with Crippen LogP contribution in [0.25, 0.3) is 20.3 Å². The van der Waals surface area contributed by atoms with Crippen molar-refractivity contribution in [3.8, 4) is 0 Å². The van der Waals surface area contributed by atoms with Crippen LogP contribution >= 0.6 is 11.3 Å². The van der Waals surface area contributed by atoms with Crippen LogP contribution in [0, 0.1) is 0 Å². The minimum absolute atomic E-state index is 0.216. The van der Waals surface area contributed by atoms with E-state index >= 15 is 0 Å². The Hall–Kier alpha value is -2.21. The van der Waals surface area contributed by atoms with Gasteiger partial charge < -0.3 is 10.6 Å². The van der Waals surface area contributed by atoms with Crippen LogP contribution in [0.5, 0.6) is 0 Å². The normalized spacial score (nSPS) is 13.9. The third kappa shape index (κ3) is 1.50. The molecule has 2 N–H and O–H groups in total. The standard InChI is InChI=1S/C13H10N4OS/c18-13-12-11(16-5-6-17-13)9-8(19-12)2-1-7-10(9)15-4-3-14-7/h1-2,5-6,14-15H,3-4H2. The smallest absolute Gasteiger partial charge is 0.289 e. The summed E-state index contributed by atoms with van der Waals surface area (Å²) in [4.78, 5) is 20.2. The molecule has 0 fully saturated rings. The average molecular weight is 270 g/mol. The molecular weight excluding hydrogens is 260 g/mol. The molecule has 0 unspecified atom stereocenters. The molecule has 3 aromatic rings. The maximum Gasteiger partial charge on any atom is 0.289 e. The number of nitrogens with zero attached hydrogens (tertiary/aromatic N) is 2. The van der Waals surface area contributed by atoms with Gasteiger partial charge in [0, 0.05) is 35.6 Å². The summed E-state index contributed by atoms with van der Waals surface area (Å²) in [5, 5.41) is 7.76. The fourth-order valence-corrected chi connectivity index (χ4v) is 3.48. The van der Waals surface area contributed by atoms with E-state index in [0.717, 1.165) is 40.1 Å². The highest BCUT2D eigenvalue weighted by Gasteiger charge is 2.17. The zero-order chi connectivity index (χ0) is 12.8. The minimum atomic E-state index is -0.216. The molecule has 3 heterocycles. The number of nitrogens with one attached hydrogen (secondary N) is 2. The first-order valence-electron chi connectivity index (χ1n) is 6.03. The van der Waals surface area contributed by atoms with Gasteiger partial charge >= 0.3 is 0 Å². The topological polar surface area (TPSA) is 66.9 Å². The van der Waals surface area contributed by atoms with Crippen LogP contribution in [0.4, 0.5) is 11.4 Å². The van der Waals surface area contributed by atoms with Gasteiger partial charge in [-0.3, -0.25) is 9.78 Å². The van der Waals surface area contributed by atoms with Crippen molar-refractivity contribution in [2.24, 2.45) is 0 Å². The Morgan fingerprint density at radius 2 is 1.95 bits per heavy atom. The predicted octanol–water partition coefficient (Wildman–Crippen LogP) is 2.04. The molecule has 0 saturated carbocycles. The molecule has 1 aromatic carbocycles. The lowest BCUT2D eigenvalue weighted by Gasteiger charge is -2.20. The lowest BCUT2D eigenvalue weighted by molar-refractivity contribution is 1.05. The average Bonchev–Trinajstić information content (AvgIpc) is 2.73. The van der Waals surface area contributed by atoms with Crippen LogP contribution in [0.1, 0.15) is 0 Å². The van der Waals surface area contributed by atoms with Crippen LogP contribution in [0.2, 0.25) is 0 Å². The maximum absolute atomic E-state index is 11.9. The van der Waals surface area contributed by atoms with Crippen LogP contribution < -0.4 is 16.2 Å². The van der Waals surface area contributed by atoms with E-state index in [1.807, 2.05) is 12.1 Å². The molecule has 0 aliphatic carbocycles. The van der Waals surface area contributed by atoms with Gasteiger partial charge in [-0.2, -0.15) is 0 Å². The Balaban J connectivity index is 2.25. The molecule has 19 heavy (non-hydrogen) atoms. The molecule has 1 aliphatic heterocycles. The van der Waals surface area contributed by atoms with Crippen molar-refractivity contribution in [2.45, 2.75) is 0 Å². The fourth-order valence-electron chi connectivity index (χ4n) is 2.43. The second kappa shape index (κ2) is 3.89. The minimum Gasteiger partial charge on any atom is -0.382 e. The number of aromatic nitrogens is 2. The van der Waals surface area contributed by atoms with Gasteiger partial charge in [0.15, 0.2) is 0 Å². The van der Waals surface area contributed by atoms with E-state index in [9.17, 15) is 4.79 Å². The second-order valence-corrected chi connectivity index (χ2v) is 5.41. The number of fused-ring (bicyclic) bond motifs is 5. The molecule has 0 radical (unpaired) electrons. The van der Waals surface area contributed by atoms with Crippen molar-refractivity contribution in [3.63, 3.8) is 0 Å². The quantitative estimate of drug-likeness (QED) is 0.654. The first kappa shape index (κ1) is 10.7. The van der Waals surface area contributed by atoms with Gasteiger partial charge in [-0.05, 0) is 12.1 Å². The molecule has 0 spiro atoms. The number of hydrogen-bond donors (Lipinski definition) is 2. The molecule has 0 bridgehead atoms. The molecule has 4 rings (SSSR count). The highest BCUT2D eigenvalue weighted by Crippen LogP contribution is 2.40. The Morgan fingerprint density at radius 1 is 1.11 bits per heavy atom. The van der Waals surface area contributed by atoms with Gasteiger partial charge in [0.05, 0.1) is 16.9 Å². The summed E-state index contributed by atoms with van der Waals surface area (Å²) in [5.41, 5.74) is 2.61. The lowest BCUT2D eigenvalue weighted by Crippen LogP contribution is -2.20. The van der Waals surface area contributed by atoms with E-state index in [4.69, 9.17) is 0 Å². The SMILES string of the molecule is O=c1nccnc2c1sc1ccc3c(c12)NCCN3. The number of rotatable bonds is 0. The van der Waals surface area contributed by atoms with Crippen molar-refractivity contribution in [1.29, 1.82) is 0 Å². The van der Waals surface area contributed by atoms with E-state index in [1.54, 1.807) is 6.20 Å². The Morgan fingerprint density at radius 3 is 2.89 bits per heavy atom. The third-order valence-corrected chi connectivity index (χ3v) is 4.36. The highest BCUT2D eigenvalue weighted by atomic mass is 32.1. The highest BCUT2D eigenvalue weighted by molar-refractivity contribution is 7.25. The lowest BCUT2D eigenvalue weighted by atomic mass is 10.1. The van der Waals surface area contributed by atoms with Gasteiger partial charge in [0.1, 0.15) is 4.70 Å². The summed E-state index contributed by atoms with van der Waals surface area (Å²) in [5.74, 6) is 0. The molecule has 6 heteroatoms. The van der Waals surface area contributed by atoms with E-state index in [0.29, 0.717) is 4.70 Å². The second-order valence-electron chi connectivity index (χ2n) is 4.36. The zero-order valence-electron chi connectivity index (χ0n) is 9.93. The van der Waals surface area contributed by atoms with Crippen molar-refractivity contribution in [3.05, 3.63) is 34.9 Å². The molecule has 94 valence electrons. The van der Waals surface area contributed by atoms with E-state index in [1.165, 1.54) is 17.5 Å². The largest absolute Gasteiger partial charge is 0.382 e. The van der Waals surface area contributed by atoms with Gasteiger partial charge in [-0.15, -0.1) is 11.3 Å². The number of thiophene rings is 1. The van der Waals surface area contributed by atoms with Crippen molar-refractivity contribution < 1.29 is 0 Å². The van der Waals surface area contributed by atoms with Crippen LogP contribution in [-0.4, -0.2) is 23.1 Å². The summed E-state index contributed by atoms with van der Waals surface area (Å²) in [7, 11) is 0. The molecule has 2 aromatic heterocycles. The molecule has 1 aliphatic rings. The Bertz CT molecular complexity index is 858. The Labute approximate surface area is 112 Å². The first-order valence-corrected chi connectivity index (χ1v) is 6.84. The molecule has 0 amide bonds. The van der Waals surface area contributed by atoms with Gasteiger partial charge in [-0.1, -0.05) is 0 Å². The molecule has 0 atom stereocenters.